The van der Waals surface area contributed by atoms with E-state index in [-0.39, 0.29) is 11.1 Å². The van der Waals surface area contributed by atoms with Gasteiger partial charge in [0.2, 0.25) is 0 Å². The molecule has 0 saturated heterocycles. The Balaban J connectivity index is 3.41. The molecular weight excluding hydrogens is 306 g/mol. The van der Waals surface area contributed by atoms with Crippen molar-refractivity contribution in [1.82, 2.24) is 0 Å². The second-order valence-electron chi connectivity index (χ2n) is 5.38. The molecule has 0 saturated carbocycles. The fourth-order valence-electron chi connectivity index (χ4n) is 2.39. The van der Waals surface area contributed by atoms with E-state index in [1.807, 2.05) is 0 Å². The lowest BCUT2D eigenvalue weighted by molar-refractivity contribution is 0.470. The minimum absolute atomic E-state index is 0.0123. The van der Waals surface area contributed by atoms with E-state index >= 15 is 0 Å². The van der Waals surface area contributed by atoms with E-state index in [0.29, 0.717) is 0 Å². The molecule has 118 valence electrons. The summed E-state index contributed by atoms with van der Waals surface area (Å²) >= 11 is 0. The summed E-state index contributed by atoms with van der Waals surface area (Å²) in [4.78, 5) is 0. The SMILES string of the molecule is CC(C)=c1c(F)c(F)c2c(F)c(=C(C)C)c(F)c(F)c2c1F. The molecule has 0 aliphatic rings. The molecule has 0 nitrogen and oxygen atoms in total. The largest absolute Gasteiger partial charge is 0.205 e. The molecule has 0 bridgehead atoms. The van der Waals surface area contributed by atoms with Gasteiger partial charge in [0.05, 0.1) is 10.8 Å². The summed E-state index contributed by atoms with van der Waals surface area (Å²) in [6.45, 7) is 5.09. The van der Waals surface area contributed by atoms with Crippen LogP contribution < -0.4 is 10.4 Å². The highest BCUT2D eigenvalue weighted by atomic mass is 19.2. The van der Waals surface area contributed by atoms with Crippen LogP contribution in [0.4, 0.5) is 26.3 Å². The normalized spacial score (nSPS) is 11.2. The molecule has 6 heteroatoms. The second kappa shape index (κ2) is 5.34. The lowest BCUT2D eigenvalue weighted by Crippen LogP contribution is -2.24. The van der Waals surface area contributed by atoms with Crippen molar-refractivity contribution in [3.63, 3.8) is 0 Å². The number of halogens is 6. The van der Waals surface area contributed by atoms with E-state index in [1.54, 1.807) is 0 Å². The van der Waals surface area contributed by atoms with Crippen LogP contribution in [-0.2, 0) is 0 Å². The van der Waals surface area contributed by atoms with Gasteiger partial charge < -0.3 is 0 Å². The van der Waals surface area contributed by atoms with Gasteiger partial charge >= 0.3 is 0 Å². The molecule has 0 unspecified atom stereocenters. The van der Waals surface area contributed by atoms with Crippen LogP contribution in [0.3, 0.4) is 0 Å². The Labute approximate surface area is 122 Å². The molecule has 0 atom stereocenters. The number of benzene rings is 2. The van der Waals surface area contributed by atoms with Crippen molar-refractivity contribution < 1.29 is 26.3 Å². The monoisotopic (exact) mass is 318 g/mol. The third kappa shape index (κ3) is 2.09. The van der Waals surface area contributed by atoms with E-state index < -0.39 is 56.1 Å². The van der Waals surface area contributed by atoms with Crippen LogP contribution in [0.15, 0.2) is 0 Å². The van der Waals surface area contributed by atoms with Crippen LogP contribution >= 0.6 is 0 Å². The third-order valence-corrected chi connectivity index (χ3v) is 3.39. The van der Waals surface area contributed by atoms with Gasteiger partial charge in [-0.3, -0.25) is 0 Å². The van der Waals surface area contributed by atoms with Crippen LogP contribution in [0.2, 0.25) is 0 Å². The standard InChI is InChI=1S/C16H12F6/c1-5(2)7-11(17)9-10(15(21)13(7)19)12(18)8(6(3)4)14(20)16(9)22/h1-4H3. The van der Waals surface area contributed by atoms with Gasteiger partial charge in [-0.05, 0) is 27.7 Å². The van der Waals surface area contributed by atoms with E-state index in [2.05, 4.69) is 0 Å². The molecule has 0 aliphatic heterocycles. The number of fused-ring (bicyclic) bond motifs is 1. The average molecular weight is 318 g/mol. The molecule has 0 fully saturated rings. The van der Waals surface area contributed by atoms with Gasteiger partial charge in [0.15, 0.2) is 23.3 Å². The minimum Gasteiger partial charge on any atom is -0.205 e. The molecule has 2 rings (SSSR count). The average Bonchev–Trinajstić information content (AvgIpc) is 2.39. The Morgan fingerprint density at radius 3 is 0.955 bits per heavy atom. The molecule has 0 amide bonds. The maximum atomic E-state index is 14.3. The van der Waals surface area contributed by atoms with Crippen LogP contribution in [0, 0.1) is 34.9 Å². The lowest BCUT2D eigenvalue weighted by atomic mass is 10.0. The highest BCUT2D eigenvalue weighted by molar-refractivity contribution is 5.86. The van der Waals surface area contributed by atoms with Gasteiger partial charge in [0, 0.05) is 10.4 Å². The van der Waals surface area contributed by atoms with E-state index in [0.717, 1.165) is 0 Å². The summed E-state index contributed by atoms with van der Waals surface area (Å²) in [5.74, 6) is -9.80. The number of rotatable bonds is 0. The molecule has 22 heavy (non-hydrogen) atoms. The Morgan fingerprint density at radius 2 is 0.727 bits per heavy atom. The second-order valence-corrected chi connectivity index (χ2v) is 5.38. The molecule has 0 heterocycles. The van der Waals surface area contributed by atoms with Gasteiger partial charge in [-0.25, -0.2) is 26.3 Å². The summed E-state index contributed by atoms with van der Waals surface area (Å²) in [6.07, 6.45) is 0. The Morgan fingerprint density at radius 1 is 0.455 bits per heavy atom. The zero-order valence-electron chi connectivity index (χ0n) is 12.3. The first kappa shape index (κ1) is 16.4. The van der Waals surface area contributed by atoms with Crippen molar-refractivity contribution in [2.45, 2.75) is 27.7 Å². The number of hydrogen-bond donors (Lipinski definition) is 0. The van der Waals surface area contributed by atoms with E-state index in [1.165, 1.54) is 27.7 Å². The van der Waals surface area contributed by atoms with Crippen LogP contribution in [0.5, 0.6) is 0 Å². The molecule has 2 aromatic rings. The zero-order valence-corrected chi connectivity index (χ0v) is 12.3. The summed E-state index contributed by atoms with van der Waals surface area (Å²) in [5, 5.41) is -4.11. The maximum Gasteiger partial charge on any atom is 0.170 e. The smallest absolute Gasteiger partial charge is 0.170 e. The summed E-state index contributed by atoms with van der Waals surface area (Å²) in [6, 6.07) is 0. The van der Waals surface area contributed by atoms with Crippen LogP contribution in [0.1, 0.15) is 27.7 Å². The van der Waals surface area contributed by atoms with Crippen molar-refractivity contribution in [3.05, 3.63) is 45.3 Å². The molecule has 0 spiro atoms. The van der Waals surface area contributed by atoms with Crippen LogP contribution in [0.25, 0.3) is 21.9 Å². The highest BCUT2D eigenvalue weighted by Crippen LogP contribution is 2.26. The summed E-state index contributed by atoms with van der Waals surface area (Å²) in [7, 11) is 0. The summed E-state index contributed by atoms with van der Waals surface area (Å²) < 4.78 is 84.8. The van der Waals surface area contributed by atoms with Gasteiger partial charge in [0.25, 0.3) is 0 Å². The minimum atomic E-state index is -1.74. The highest BCUT2D eigenvalue weighted by Gasteiger charge is 2.26. The summed E-state index contributed by atoms with van der Waals surface area (Å²) in [5.41, 5.74) is 0.0247. The molecule has 0 aromatic heterocycles. The Kier molecular flexibility index (Phi) is 3.98. The van der Waals surface area contributed by atoms with Crippen molar-refractivity contribution in [3.8, 4) is 0 Å². The number of hydrogen-bond acceptors (Lipinski definition) is 0. The molecule has 2 aromatic carbocycles. The van der Waals surface area contributed by atoms with Gasteiger partial charge in [-0.15, -0.1) is 0 Å². The molecule has 0 N–H and O–H groups in total. The van der Waals surface area contributed by atoms with Crippen molar-refractivity contribution in [2.75, 3.05) is 0 Å². The van der Waals surface area contributed by atoms with Crippen molar-refractivity contribution in [1.29, 1.82) is 0 Å². The van der Waals surface area contributed by atoms with Crippen molar-refractivity contribution in [2.24, 2.45) is 0 Å². The molecule has 0 aliphatic carbocycles. The van der Waals surface area contributed by atoms with Gasteiger partial charge in [-0.2, -0.15) is 0 Å². The third-order valence-electron chi connectivity index (χ3n) is 3.39. The topological polar surface area (TPSA) is 0 Å². The van der Waals surface area contributed by atoms with E-state index in [9.17, 15) is 26.3 Å². The predicted octanol–water partition coefficient (Wildman–Crippen LogP) is 4.06. The fourth-order valence-corrected chi connectivity index (χ4v) is 2.39. The predicted molar refractivity (Wildman–Crippen MR) is 72.5 cm³/mol. The van der Waals surface area contributed by atoms with E-state index in [4.69, 9.17) is 0 Å². The quantitative estimate of drug-likeness (QED) is 0.508. The van der Waals surface area contributed by atoms with Gasteiger partial charge in [0.1, 0.15) is 11.6 Å². The molecule has 0 radical (unpaired) electrons. The lowest BCUT2D eigenvalue weighted by Gasteiger charge is -2.10. The Hall–Kier alpha value is -1.98. The first-order valence-corrected chi connectivity index (χ1v) is 6.38. The van der Waals surface area contributed by atoms with Crippen LogP contribution in [-0.4, -0.2) is 0 Å². The first-order chi connectivity index (χ1) is 10.1. The van der Waals surface area contributed by atoms with Crippen molar-refractivity contribution >= 4 is 21.9 Å². The first-order valence-electron chi connectivity index (χ1n) is 6.38. The Bertz CT molecular complexity index is 840. The molecular formula is C16H12F6. The maximum absolute atomic E-state index is 14.3. The fraction of sp³-hybridized carbons (Fsp3) is 0.250. The zero-order chi connectivity index (χ0) is 16.9. The van der Waals surface area contributed by atoms with Gasteiger partial charge in [-0.1, -0.05) is 11.1 Å².